The van der Waals surface area contributed by atoms with Gasteiger partial charge in [-0.05, 0) is 0 Å². The summed E-state index contributed by atoms with van der Waals surface area (Å²) in [6.07, 6.45) is 33.6. The SMILES string of the molecule is CCCCCCCCCCCCCCCC(=O)[O][Sn]([O]C(=O)CCCCCCCCCCCCCCC)([c]1ccccc1)[c]1ccccc1. The Kier molecular flexibility index (Phi) is 26.4. The molecule has 0 atom stereocenters. The molecule has 49 heavy (non-hydrogen) atoms. The van der Waals surface area contributed by atoms with Crippen molar-refractivity contribution in [2.75, 3.05) is 0 Å². The molecule has 0 aliphatic carbocycles. The van der Waals surface area contributed by atoms with E-state index in [0.717, 1.165) is 45.7 Å². The quantitative estimate of drug-likeness (QED) is 0.0548. The number of carbonyl (C=O) groups excluding carboxylic acids is 2. The Bertz CT molecular complexity index is 972. The van der Waals surface area contributed by atoms with Gasteiger partial charge in [0.15, 0.2) is 0 Å². The first-order valence-corrected chi connectivity index (χ1v) is 25.9. The maximum absolute atomic E-state index is 13.4. The van der Waals surface area contributed by atoms with E-state index in [-0.39, 0.29) is 11.9 Å². The van der Waals surface area contributed by atoms with Crippen molar-refractivity contribution in [1.29, 1.82) is 0 Å². The molecule has 0 spiro atoms. The van der Waals surface area contributed by atoms with E-state index < -0.39 is 19.2 Å². The molecule has 5 heteroatoms. The zero-order valence-corrected chi connectivity index (χ0v) is 34.6. The van der Waals surface area contributed by atoms with Crippen LogP contribution in [0.2, 0.25) is 0 Å². The number of hydrogen-bond acceptors (Lipinski definition) is 4. The van der Waals surface area contributed by atoms with Crippen molar-refractivity contribution < 1.29 is 15.7 Å². The average molecular weight is 784 g/mol. The molecule has 4 nitrogen and oxygen atoms in total. The summed E-state index contributed by atoms with van der Waals surface area (Å²) >= 11 is -4.60. The van der Waals surface area contributed by atoms with Crippen LogP contribution in [0.5, 0.6) is 0 Å². The molecule has 2 rings (SSSR count). The van der Waals surface area contributed by atoms with E-state index in [0.29, 0.717) is 12.8 Å². The van der Waals surface area contributed by atoms with Crippen molar-refractivity contribution in [3.8, 4) is 0 Å². The molecule has 276 valence electrons. The van der Waals surface area contributed by atoms with Crippen LogP contribution in [0.3, 0.4) is 0 Å². The molecule has 0 bridgehead atoms. The van der Waals surface area contributed by atoms with Crippen LogP contribution in [-0.2, 0) is 15.7 Å². The van der Waals surface area contributed by atoms with Gasteiger partial charge in [-0.2, -0.15) is 0 Å². The fourth-order valence-corrected chi connectivity index (χ4v) is 15.2. The molecule has 0 saturated heterocycles. The van der Waals surface area contributed by atoms with Gasteiger partial charge in [0.05, 0.1) is 0 Å². The Hall–Kier alpha value is -1.82. The summed E-state index contributed by atoms with van der Waals surface area (Å²) in [4.78, 5) is 26.8. The van der Waals surface area contributed by atoms with Crippen LogP contribution in [0, 0.1) is 0 Å². The fourth-order valence-electron chi connectivity index (χ4n) is 6.74. The van der Waals surface area contributed by atoms with Gasteiger partial charge in [0, 0.05) is 0 Å². The Balaban J connectivity index is 1.79. The summed E-state index contributed by atoms with van der Waals surface area (Å²) in [6, 6.07) is 19.6. The van der Waals surface area contributed by atoms with Gasteiger partial charge in [-0.1, -0.05) is 65.2 Å². The summed E-state index contributed by atoms with van der Waals surface area (Å²) in [5, 5.41) is 0. The van der Waals surface area contributed by atoms with Gasteiger partial charge < -0.3 is 0 Å². The van der Waals surface area contributed by atoms with Crippen molar-refractivity contribution in [3.63, 3.8) is 0 Å². The first-order valence-electron chi connectivity index (χ1n) is 20.7. The maximum atomic E-state index is 13.4. The van der Waals surface area contributed by atoms with Gasteiger partial charge in [-0.3, -0.25) is 0 Å². The van der Waals surface area contributed by atoms with E-state index in [1.165, 1.54) is 128 Å². The van der Waals surface area contributed by atoms with Crippen LogP contribution in [0.25, 0.3) is 0 Å². The van der Waals surface area contributed by atoms with Crippen molar-refractivity contribution in [1.82, 2.24) is 0 Å². The fraction of sp³-hybridized carbons (Fsp3) is 0.682. The van der Waals surface area contributed by atoms with E-state index >= 15 is 0 Å². The molecule has 0 aliphatic rings. The molecule has 0 amide bonds. The first kappa shape index (κ1) is 43.3. The molecule has 0 saturated carbocycles. The molecular formula is C44H72O4Sn. The zero-order valence-electron chi connectivity index (χ0n) is 31.7. The van der Waals surface area contributed by atoms with Crippen LogP contribution >= 0.6 is 0 Å². The van der Waals surface area contributed by atoms with E-state index in [2.05, 4.69) is 13.8 Å². The first-order chi connectivity index (χ1) is 24.1. The van der Waals surface area contributed by atoms with Gasteiger partial charge >= 0.3 is 243 Å². The Morgan fingerprint density at radius 1 is 0.388 bits per heavy atom. The van der Waals surface area contributed by atoms with Crippen molar-refractivity contribution in [3.05, 3.63) is 60.7 Å². The summed E-state index contributed by atoms with van der Waals surface area (Å²) < 4.78 is 14.6. The van der Waals surface area contributed by atoms with Gasteiger partial charge in [-0.25, -0.2) is 0 Å². The van der Waals surface area contributed by atoms with E-state index in [9.17, 15) is 9.59 Å². The normalized spacial score (nSPS) is 11.5. The Morgan fingerprint density at radius 2 is 0.633 bits per heavy atom. The molecule has 0 N–H and O–H groups in total. The van der Waals surface area contributed by atoms with E-state index in [4.69, 9.17) is 6.15 Å². The third kappa shape index (κ3) is 20.6. The van der Waals surface area contributed by atoms with Gasteiger partial charge in [0.25, 0.3) is 0 Å². The van der Waals surface area contributed by atoms with Crippen LogP contribution in [0.4, 0.5) is 0 Å². The van der Waals surface area contributed by atoms with Gasteiger partial charge in [-0.15, -0.1) is 0 Å². The third-order valence-electron chi connectivity index (χ3n) is 9.79. The minimum absolute atomic E-state index is 0.236. The second-order valence-electron chi connectivity index (χ2n) is 14.3. The number of unbranched alkanes of at least 4 members (excludes halogenated alkanes) is 24. The Labute approximate surface area is 306 Å². The monoisotopic (exact) mass is 784 g/mol. The predicted octanol–water partition coefficient (Wildman–Crippen LogP) is 12.3. The number of rotatable bonds is 32. The van der Waals surface area contributed by atoms with Crippen molar-refractivity contribution in [2.24, 2.45) is 0 Å². The third-order valence-corrected chi connectivity index (χ3v) is 19.0. The molecule has 0 radical (unpaired) electrons. The van der Waals surface area contributed by atoms with Crippen LogP contribution in [0.1, 0.15) is 194 Å². The Morgan fingerprint density at radius 3 is 0.898 bits per heavy atom. The molecule has 2 aromatic carbocycles. The van der Waals surface area contributed by atoms with Crippen molar-refractivity contribution >= 4 is 38.3 Å². The van der Waals surface area contributed by atoms with Crippen LogP contribution in [-0.4, -0.2) is 31.1 Å². The molecule has 0 aromatic heterocycles. The zero-order chi connectivity index (χ0) is 35.1. The van der Waals surface area contributed by atoms with E-state index in [1.54, 1.807) is 0 Å². The second kappa shape index (κ2) is 29.9. The number of hydrogen-bond donors (Lipinski definition) is 0. The molecule has 0 heterocycles. The van der Waals surface area contributed by atoms with Gasteiger partial charge in [0.2, 0.25) is 0 Å². The minimum atomic E-state index is -4.60. The van der Waals surface area contributed by atoms with Crippen LogP contribution < -0.4 is 7.16 Å². The van der Waals surface area contributed by atoms with Crippen molar-refractivity contribution in [2.45, 2.75) is 194 Å². The summed E-state index contributed by atoms with van der Waals surface area (Å²) in [7, 11) is 0. The standard InChI is InChI=1S/2C16H32O2.2C6H5.Sn/c2*1-2-3-4-5-6-7-8-9-10-11-12-13-14-15-16(17)18;2*1-2-4-6-5-3-1;/h2*2-15H2,1H3,(H,17,18);2*1-5H;/q;;;;+2/p-2. The number of carbonyl (C=O) groups is 2. The molecule has 0 aliphatic heterocycles. The average Bonchev–Trinajstić information content (AvgIpc) is 3.12. The summed E-state index contributed by atoms with van der Waals surface area (Å²) in [5.74, 6) is -0.472. The topological polar surface area (TPSA) is 52.6 Å². The molecular weight excluding hydrogens is 711 g/mol. The molecule has 0 fully saturated rings. The molecule has 2 aromatic rings. The second-order valence-corrected chi connectivity index (χ2v) is 22.3. The van der Waals surface area contributed by atoms with Gasteiger partial charge in [0.1, 0.15) is 0 Å². The van der Waals surface area contributed by atoms with E-state index in [1.807, 2.05) is 60.7 Å². The predicted molar refractivity (Wildman–Crippen MR) is 211 cm³/mol. The van der Waals surface area contributed by atoms with Crippen LogP contribution in [0.15, 0.2) is 60.7 Å². The summed E-state index contributed by atoms with van der Waals surface area (Å²) in [6.45, 7) is 4.54. The summed E-state index contributed by atoms with van der Waals surface area (Å²) in [5.41, 5.74) is 0. The molecule has 0 unspecified atom stereocenters. The number of benzene rings is 2.